The van der Waals surface area contributed by atoms with Gasteiger partial charge in [-0.05, 0) is 28.9 Å². The van der Waals surface area contributed by atoms with Gasteiger partial charge in [0, 0.05) is 25.4 Å². The number of amides is 2. The van der Waals surface area contributed by atoms with Gasteiger partial charge in [-0.3, -0.25) is 9.59 Å². The van der Waals surface area contributed by atoms with Gasteiger partial charge in [0.1, 0.15) is 6.04 Å². The van der Waals surface area contributed by atoms with E-state index >= 15 is 0 Å². The Hall–Kier alpha value is -2.25. The van der Waals surface area contributed by atoms with Gasteiger partial charge in [0.25, 0.3) is 0 Å². The fourth-order valence-electron chi connectivity index (χ4n) is 5.17. The van der Waals surface area contributed by atoms with Crippen LogP contribution in [0.2, 0.25) is 0 Å². The second kappa shape index (κ2) is 9.55. The maximum atomic E-state index is 13.6. The molecule has 0 aliphatic carbocycles. The highest BCUT2D eigenvalue weighted by Gasteiger charge is 2.47. The van der Waals surface area contributed by atoms with Crippen molar-refractivity contribution in [2.45, 2.75) is 73.6 Å². The molecule has 0 bridgehead atoms. The first kappa shape index (κ1) is 25.4. The summed E-state index contributed by atoms with van der Waals surface area (Å²) in [6.45, 7) is 14.9. The molecule has 1 aliphatic heterocycles. The number of hydrogen-bond acceptors (Lipinski definition) is 5. The Labute approximate surface area is 201 Å². The van der Waals surface area contributed by atoms with E-state index in [0.717, 1.165) is 21.7 Å². The van der Waals surface area contributed by atoms with E-state index in [9.17, 15) is 14.7 Å². The van der Waals surface area contributed by atoms with Crippen molar-refractivity contribution < 1.29 is 14.7 Å². The minimum absolute atomic E-state index is 0.0593. The van der Waals surface area contributed by atoms with Crippen molar-refractivity contribution in [2.24, 2.45) is 16.7 Å². The Kier molecular flexibility index (Phi) is 7.34. The molecule has 7 heteroatoms. The van der Waals surface area contributed by atoms with Crippen LogP contribution in [0.1, 0.15) is 59.2 Å². The molecule has 0 radical (unpaired) electrons. The number of nitrogens with one attached hydrogen (secondary N) is 1. The minimum atomic E-state index is -0.688. The second-order valence-electron chi connectivity index (χ2n) is 11.2. The SMILES string of the molecule is Cc1ncsc1-c1ccc(CNC(=O)[C@@H]2C[C@@H](O)CN2C(=O)C(C(C)(C)C)C(C)(C)C)cc1. The van der Waals surface area contributed by atoms with Crippen LogP contribution in [0.15, 0.2) is 29.8 Å². The van der Waals surface area contributed by atoms with E-state index in [1.165, 1.54) is 0 Å². The number of likely N-dealkylation sites (tertiary alicyclic amines) is 1. The molecule has 1 fully saturated rings. The van der Waals surface area contributed by atoms with Gasteiger partial charge in [-0.1, -0.05) is 65.8 Å². The fraction of sp³-hybridized carbons (Fsp3) is 0.577. The number of rotatable bonds is 5. The van der Waals surface area contributed by atoms with Crippen LogP contribution >= 0.6 is 11.3 Å². The Balaban J connectivity index is 1.69. The van der Waals surface area contributed by atoms with Gasteiger partial charge >= 0.3 is 0 Å². The van der Waals surface area contributed by atoms with E-state index in [1.807, 2.05) is 36.7 Å². The Morgan fingerprint density at radius 1 is 1.15 bits per heavy atom. The largest absolute Gasteiger partial charge is 0.391 e. The number of aromatic nitrogens is 1. The fourth-order valence-corrected chi connectivity index (χ4v) is 5.98. The quantitative estimate of drug-likeness (QED) is 0.677. The van der Waals surface area contributed by atoms with Crippen LogP contribution in [0.25, 0.3) is 10.4 Å². The maximum absolute atomic E-state index is 13.6. The van der Waals surface area contributed by atoms with Crippen LogP contribution in [0.5, 0.6) is 0 Å². The molecule has 1 aromatic carbocycles. The number of aliphatic hydroxyl groups excluding tert-OH is 1. The number of hydrogen-bond donors (Lipinski definition) is 2. The summed E-state index contributed by atoms with van der Waals surface area (Å²) >= 11 is 1.61. The smallest absolute Gasteiger partial charge is 0.243 e. The molecular formula is C26H37N3O3S. The average Bonchev–Trinajstić information content (AvgIpc) is 3.30. The molecule has 0 saturated carbocycles. The van der Waals surface area contributed by atoms with Crippen molar-refractivity contribution in [3.05, 3.63) is 41.0 Å². The normalized spacial score (nSPS) is 19.2. The lowest BCUT2D eigenvalue weighted by Crippen LogP contribution is -2.52. The molecular weight excluding hydrogens is 434 g/mol. The molecule has 33 heavy (non-hydrogen) atoms. The van der Waals surface area contributed by atoms with Crippen LogP contribution < -0.4 is 5.32 Å². The standard InChI is InChI=1S/C26H37N3O3S/c1-16-21(33-15-28-16)18-10-8-17(9-11-18)13-27-23(31)20-12-19(30)14-29(20)24(32)22(25(2,3)4)26(5,6)7/h8-11,15,19-20,22,30H,12-14H2,1-7H3,(H,27,31)/t19-,20+/m1/s1. The molecule has 6 nitrogen and oxygen atoms in total. The molecule has 1 aromatic heterocycles. The summed E-state index contributed by atoms with van der Waals surface area (Å²) in [5.74, 6) is -0.548. The number of carbonyl (C=O) groups excluding carboxylic acids is 2. The second-order valence-corrected chi connectivity index (χ2v) is 12.1. The highest BCUT2D eigenvalue weighted by Crippen LogP contribution is 2.42. The third-order valence-corrected chi connectivity index (χ3v) is 7.25. The van der Waals surface area contributed by atoms with Crippen molar-refractivity contribution in [1.82, 2.24) is 15.2 Å². The van der Waals surface area contributed by atoms with Gasteiger partial charge in [-0.2, -0.15) is 0 Å². The van der Waals surface area contributed by atoms with E-state index in [-0.39, 0.29) is 41.5 Å². The van der Waals surface area contributed by atoms with Gasteiger partial charge in [-0.15, -0.1) is 11.3 Å². The van der Waals surface area contributed by atoms with E-state index in [1.54, 1.807) is 16.2 Å². The summed E-state index contributed by atoms with van der Waals surface area (Å²) in [6, 6.07) is 7.41. The van der Waals surface area contributed by atoms with E-state index in [2.05, 4.69) is 51.8 Å². The molecule has 2 amide bonds. The number of nitrogens with zero attached hydrogens (tertiary/aromatic N) is 2. The third kappa shape index (κ3) is 5.82. The number of carbonyl (C=O) groups is 2. The predicted molar refractivity (Wildman–Crippen MR) is 133 cm³/mol. The molecule has 1 aliphatic rings. The molecule has 180 valence electrons. The van der Waals surface area contributed by atoms with E-state index in [0.29, 0.717) is 6.54 Å². The zero-order chi connectivity index (χ0) is 24.6. The zero-order valence-electron chi connectivity index (χ0n) is 20.8. The summed E-state index contributed by atoms with van der Waals surface area (Å²) in [6.07, 6.45) is -0.422. The van der Waals surface area contributed by atoms with Crippen molar-refractivity contribution in [1.29, 1.82) is 0 Å². The van der Waals surface area contributed by atoms with Crippen LogP contribution in [0.3, 0.4) is 0 Å². The summed E-state index contributed by atoms with van der Waals surface area (Å²) in [5.41, 5.74) is 4.41. The Morgan fingerprint density at radius 2 is 1.76 bits per heavy atom. The highest BCUT2D eigenvalue weighted by molar-refractivity contribution is 7.13. The summed E-state index contributed by atoms with van der Waals surface area (Å²) in [4.78, 5) is 33.7. The summed E-state index contributed by atoms with van der Waals surface area (Å²) in [5, 5.41) is 13.3. The molecule has 0 spiro atoms. The predicted octanol–water partition coefficient (Wildman–Crippen LogP) is 4.40. The Bertz CT molecular complexity index is 971. The van der Waals surface area contributed by atoms with Gasteiger partial charge in [-0.25, -0.2) is 4.98 Å². The molecule has 2 atom stereocenters. The Morgan fingerprint density at radius 3 is 2.27 bits per heavy atom. The van der Waals surface area contributed by atoms with Crippen LogP contribution in [-0.4, -0.2) is 45.5 Å². The van der Waals surface area contributed by atoms with Crippen LogP contribution in [0.4, 0.5) is 0 Å². The molecule has 2 N–H and O–H groups in total. The van der Waals surface area contributed by atoms with Gasteiger partial charge in [0.15, 0.2) is 0 Å². The molecule has 2 heterocycles. The van der Waals surface area contributed by atoms with Crippen LogP contribution in [-0.2, 0) is 16.1 Å². The van der Waals surface area contributed by atoms with Crippen molar-refractivity contribution in [2.75, 3.05) is 6.54 Å². The van der Waals surface area contributed by atoms with Gasteiger partial charge in [0.2, 0.25) is 11.8 Å². The lowest BCUT2D eigenvalue weighted by Gasteiger charge is -2.42. The van der Waals surface area contributed by atoms with Gasteiger partial charge < -0.3 is 15.3 Å². The van der Waals surface area contributed by atoms with E-state index < -0.39 is 12.1 Å². The third-order valence-electron chi connectivity index (χ3n) is 6.27. The highest BCUT2D eigenvalue weighted by atomic mass is 32.1. The monoisotopic (exact) mass is 471 g/mol. The maximum Gasteiger partial charge on any atom is 0.243 e. The average molecular weight is 472 g/mol. The van der Waals surface area contributed by atoms with Crippen LogP contribution in [0, 0.1) is 23.7 Å². The number of β-amino-alcohol motifs (C(OH)–C–C–N with tert-alkyl or cyclic N) is 1. The lowest BCUT2D eigenvalue weighted by molar-refractivity contribution is -0.149. The van der Waals surface area contributed by atoms with Gasteiger partial charge in [0.05, 0.1) is 22.2 Å². The number of thiazole rings is 1. The topological polar surface area (TPSA) is 82.5 Å². The van der Waals surface area contributed by atoms with E-state index in [4.69, 9.17) is 0 Å². The molecule has 3 rings (SSSR count). The minimum Gasteiger partial charge on any atom is -0.391 e. The summed E-state index contributed by atoms with van der Waals surface area (Å²) in [7, 11) is 0. The molecule has 0 unspecified atom stereocenters. The lowest BCUT2D eigenvalue weighted by atomic mass is 9.66. The first-order chi connectivity index (χ1) is 15.3. The number of aryl methyl sites for hydroxylation is 1. The zero-order valence-corrected chi connectivity index (χ0v) is 21.6. The molecule has 1 saturated heterocycles. The summed E-state index contributed by atoms with van der Waals surface area (Å²) < 4.78 is 0. The first-order valence-corrected chi connectivity index (χ1v) is 12.4. The first-order valence-electron chi connectivity index (χ1n) is 11.5. The molecule has 2 aromatic rings. The number of benzene rings is 1. The van der Waals surface area contributed by atoms with Crippen molar-refractivity contribution >= 4 is 23.2 Å². The number of aliphatic hydroxyl groups is 1. The van der Waals surface area contributed by atoms with Crippen molar-refractivity contribution in [3.8, 4) is 10.4 Å². The van der Waals surface area contributed by atoms with Crippen molar-refractivity contribution in [3.63, 3.8) is 0 Å².